The second-order valence-electron chi connectivity index (χ2n) is 3.79. The molecule has 1 heterocycles. The summed E-state index contributed by atoms with van der Waals surface area (Å²) < 4.78 is 5.06. The Bertz CT molecular complexity index is 599. The van der Waals surface area contributed by atoms with Crippen molar-refractivity contribution in [3.63, 3.8) is 0 Å². The molecule has 1 aromatic carbocycles. The molecule has 0 unspecified atom stereocenters. The predicted octanol–water partition coefficient (Wildman–Crippen LogP) is 1.62. The molecule has 19 heavy (non-hydrogen) atoms. The molecule has 0 aliphatic rings. The van der Waals surface area contributed by atoms with Gasteiger partial charge in [-0.25, -0.2) is 4.98 Å². The number of carbonyl (C=O) groups is 1. The van der Waals surface area contributed by atoms with Crippen LogP contribution in [0.4, 0.5) is 11.5 Å². The molecule has 0 aliphatic heterocycles. The Kier molecular flexibility index (Phi) is 3.87. The van der Waals surface area contributed by atoms with Crippen LogP contribution in [0.5, 0.6) is 5.75 Å². The lowest BCUT2D eigenvalue weighted by atomic mass is 10.1. The Labute approximate surface area is 115 Å². The summed E-state index contributed by atoms with van der Waals surface area (Å²) in [6.45, 7) is 0. The van der Waals surface area contributed by atoms with Crippen LogP contribution in [-0.2, 0) is 0 Å². The highest BCUT2D eigenvalue weighted by Gasteiger charge is 2.12. The van der Waals surface area contributed by atoms with E-state index < -0.39 is 0 Å². The summed E-state index contributed by atoms with van der Waals surface area (Å²) in [5, 5.41) is 3.26. The minimum atomic E-state index is -0.346. The van der Waals surface area contributed by atoms with Gasteiger partial charge in [0.15, 0.2) is 11.6 Å². The fourth-order valence-electron chi connectivity index (χ4n) is 1.50. The van der Waals surface area contributed by atoms with Crippen LogP contribution in [0.1, 0.15) is 10.4 Å². The van der Waals surface area contributed by atoms with Gasteiger partial charge in [0.2, 0.25) is 5.02 Å². The van der Waals surface area contributed by atoms with Gasteiger partial charge in [0, 0.05) is 11.8 Å². The monoisotopic (exact) mass is 278 g/mol. The number of rotatable bonds is 3. The van der Waals surface area contributed by atoms with E-state index in [-0.39, 0.29) is 5.91 Å². The van der Waals surface area contributed by atoms with Crippen molar-refractivity contribution in [1.82, 2.24) is 4.98 Å². The molecule has 0 atom stereocenters. The zero-order valence-electron chi connectivity index (χ0n) is 10.2. The van der Waals surface area contributed by atoms with Crippen molar-refractivity contribution < 1.29 is 21.1 Å². The minimum Gasteiger partial charge on any atom is -0.497 e. The molecule has 1 amide bonds. The molecule has 5 nitrogen and oxygen atoms in total. The van der Waals surface area contributed by atoms with Gasteiger partial charge < -0.3 is 15.8 Å². The van der Waals surface area contributed by atoms with E-state index in [9.17, 15) is 4.79 Å². The molecular weight excluding hydrogens is 266 g/mol. The number of nitrogens with one attached hydrogen (secondary N) is 1. The molecular formula is C13H13ClN3O2+. The van der Waals surface area contributed by atoms with Crippen LogP contribution in [0.15, 0.2) is 36.5 Å². The maximum atomic E-state index is 12.1. The van der Waals surface area contributed by atoms with E-state index in [0.29, 0.717) is 27.8 Å². The number of benzene rings is 1. The van der Waals surface area contributed by atoms with Crippen LogP contribution in [0.25, 0.3) is 0 Å². The number of nitrogens with zero attached hydrogens (tertiary/aromatic N) is 1. The number of amides is 1. The molecule has 0 fully saturated rings. The first kappa shape index (κ1) is 13.2. The zero-order valence-corrected chi connectivity index (χ0v) is 11.0. The molecule has 2 rings (SSSR count). The number of nitrogen functional groups attached to an aromatic ring is 1. The standard InChI is InChI=1S/C13H12ClN3O2/c1-19-9-3-4-11(15)10(6-9)13(18)17-12-5-2-8(14)7-16-12/h2-7,14H,1H3,(H2-,15,16,17,18)/p+1. The van der Waals surface area contributed by atoms with Crippen molar-refractivity contribution in [2.75, 3.05) is 18.2 Å². The minimum absolute atomic E-state index is 0.337. The Hall–Kier alpha value is -2.27. The molecule has 0 saturated carbocycles. The van der Waals surface area contributed by atoms with E-state index in [4.69, 9.17) is 22.1 Å². The lowest BCUT2D eigenvalue weighted by Gasteiger charge is -2.08. The summed E-state index contributed by atoms with van der Waals surface area (Å²) in [7, 11) is 1.52. The predicted molar refractivity (Wildman–Crippen MR) is 70.1 cm³/mol. The fraction of sp³-hybridized carbons (Fsp3) is 0.0769. The lowest BCUT2D eigenvalue weighted by molar-refractivity contribution is -0.289. The highest BCUT2D eigenvalue weighted by molar-refractivity contribution is 6.07. The van der Waals surface area contributed by atoms with Crippen molar-refractivity contribution in [1.29, 1.82) is 0 Å². The maximum Gasteiger partial charge on any atom is 0.259 e. The molecule has 1 aromatic heterocycles. The van der Waals surface area contributed by atoms with Crippen LogP contribution in [0, 0.1) is 11.6 Å². The number of hydrogen-bond donors (Lipinski definition) is 2. The van der Waals surface area contributed by atoms with E-state index in [1.54, 1.807) is 30.3 Å². The van der Waals surface area contributed by atoms with Gasteiger partial charge in [-0.05, 0) is 24.3 Å². The van der Waals surface area contributed by atoms with Crippen molar-refractivity contribution in [2.45, 2.75) is 0 Å². The highest BCUT2D eigenvalue weighted by atomic mass is 35.5. The smallest absolute Gasteiger partial charge is 0.259 e. The van der Waals surface area contributed by atoms with Gasteiger partial charge in [-0.2, -0.15) is 0 Å². The Morgan fingerprint density at radius 1 is 1.37 bits per heavy atom. The van der Waals surface area contributed by atoms with E-state index in [1.807, 2.05) is 0 Å². The zero-order chi connectivity index (χ0) is 13.8. The molecule has 98 valence electrons. The third-order valence-corrected chi connectivity index (χ3v) is 2.72. The average molecular weight is 279 g/mol. The number of methoxy groups -OCH3 is 1. The quantitative estimate of drug-likeness (QED) is 0.837. The summed E-state index contributed by atoms with van der Waals surface area (Å²) in [6, 6.07) is 8.21. The van der Waals surface area contributed by atoms with E-state index >= 15 is 0 Å². The van der Waals surface area contributed by atoms with Crippen LogP contribution < -0.4 is 15.8 Å². The molecule has 0 saturated heterocycles. The largest absolute Gasteiger partial charge is 0.497 e. The number of hydrogen-bond acceptors (Lipinski definition) is 4. The Morgan fingerprint density at radius 3 is 2.79 bits per heavy atom. The number of ether oxygens (including phenoxy) is 1. The number of nitrogens with two attached hydrogens (primary N) is 1. The SMILES string of the molecule is COc1ccc(N)c(C(=O)Nc2ccc([ClH+])cn2)c1. The maximum absolute atomic E-state index is 12.1. The van der Waals surface area contributed by atoms with Crippen molar-refractivity contribution >= 4 is 17.4 Å². The van der Waals surface area contributed by atoms with Gasteiger partial charge in [-0.15, -0.1) is 0 Å². The van der Waals surface area contributed by atoms with Gasteiger partial charge >= 0.3 is 0 Å². The summed E-state index contributed by atoms with van der Waals surface area (Å²) >= 11 is 4.92. The number of pyridine rings is 1. The first-order valence-electron chi connectivity index (χ1n) is 5.48. The average Bonchev–Trinajstić information content (AvgIpc) is 2.42. The molecule has 6 heteroatoms. The molecule has 0 aliphatic carbocycles. The van der Waals surface area contributed by atoms with Gasteiger partial charge in [0.1, 0.15) is 11.6 Å². The van der Waals surface area contributed by atoms with Crippen molar-refractivity contribution in [3.8, 4) is 5.75 Å². The highest BCUT2D eigenvalue weighted by Crippen LogP contribution is 2.20. The van der Waals surface area contributed by atoms with E-state index in [2.05, 4.69) is 10.3 Å². The molecule has 0 bridgehead atoms. The van der Waals surface area contributed by atoms with Gasteiger partial charge in [-0.1, -0.05) is 0 Å². The molecule has 3 N–H and O–H groups in total. The number of carbonyl (C=O) groups excluding carboxylic acids is 1. The summed E-state index contributed by atoms with van der Waals surface area (Å²) in [5.41, 5.74) is 6.48. The molecule has 2 aromatic rings. The van der Waals surface area contributed by atoms with Crippen LogP contribution >= 0.6 is 0 Å². The topological polar surface area (TPSA) is 77.2 Å². The van der Waals surface area contributed by atoms with Crippen LogP contribution in [0.2, 0.25) is 5.02 Å². The van der Waals surface area contributed by atoms with Gasteiger partial charge in [0.05, 0.1) is 18.9 Å². The molecule has 0 radical (unpaired) electrons. The van der Waals surface area contributed by atoms with E-state index in [0.717, 1.165) is 0 Å². The normalized spacial score (nSPS) is 10.0. The third kappa shape index (κ3) is 3.14. The Morgan fingerprint density at radius 2 is 2.16 bits per heavy atom. The first-order valence-corrected chi connectivity index (χ1v) is 5.89. The summed E-state index contributed by atoms with van der Waals surface area (Å²) in [5.74, 6) is 0.634. The van der Waals surface area contributed by atoms with Crippen LogP contribution in [0.3, 0.4) is 0 Å². The number of halogens is 1. The second kappa shape index (κ2) is 5.58. The number of aromatic nitrogens is 1. The first-order chi connectivity index (χ1) is 9.10. The number of anilines is 2. The Balaban J connectivity index is 2.22. The second-order valence-corrected chi connectivity index (χ2v) is 4.26. The van der Waals surface area contributed by atoms with Gasteiger partial charge in [0.25, 0.3) is 5.91 Å². The van der Waals surface area contributed by atoms with E-state index in [1.165, 1.54) is 13.3 Å². The van der Waals surface area contributed by atoms with Crippen molar-refractivity contribution in [2.24, 2.45) is 0 Å². The third-order valence-electron chi connectivity index (χ3n) is 2.48. The van der Waals surface area contributed by atoms with Gasteiger partial charge in [-0.3, -0.25) is 4.79 Å². The van der Waals surface area contributed by atoms with Crippen molar-refractivity contribution in [3.05, 3.63) is 47.1 Å². The summed E-state index contributed by atoms with van der Waals surface area (Å²) in [6.07, 6.45) is 1.50. The molecule has 0 spiro atoms. The summed E-state index contributed by atoms with van der Waals surface area (Å²) in [4.78, 5) is 16.1. The fourth-order valence-corrected chi connectivity index (χ4v) is 1.62. The van der Waals surface area contributed by atoms with Crippen LogP contribution in [-0.4, -0.2) is 18.0 Å². The lowest BCUT2D eigenvalue weighted by Crippen LogP contribution is -2.15.